The van der Waals surface area contributed by atoms with Gasteiger partial charge in [-0.25, -0.2) is 4.39 Å². The largest absolute Gasteiger partial charge is 0.497 e. The zero-order valence-corrected chi connectivity index (χ0v) is 23.9. The summed E-state index contributed by atoms with van der Waals surface area (Å²) in [6.07, 6.45) is 2.17. The summed E-state index contributed by atoms with van der Waals surface area (Å²) in [5.74, 6) is 0.749. The van der Waals surface area contributed by atoms with Gasteiger partial charge in [0.2, 0.25) is 0 Å². The second-order valence-corrected chi connectivity index (χ2v) is 10.5. The van der Waals surface area contributed by atoms with Gasteiger partial charge in [-0.05, 0) is 60.4 Å². The van der Waals surface area contributed by atoms with Crippen LogP contribution in [-0.4, -0.2) is 41.0 Å². The third-order valence-electron chi connectivity index (χ3n) is 7.41. The Morgan fingerprint density at radius 2 is 1.81 bits per heavy atom. The molecule has 0 fully saturated rings. The van der Waals surface area contributed by atoms with Crippen LogP contribution in [0.1, 0.15) is 54.4 Å². The number of rotatable bonds is 9. The van der Waals surface area contributed by atoms with E-state index in [4.69, 9.17) is 19.0 Å². The molecule has 218 valence electrons. The van der Waals surface area contributed by atoms with Crippen LogP contribution in [0.5, 0.6) is 11.5 Å². The minimum Gasteiger partial charge on any atom is -0.497 e. The molecule has 0 spiro atoms. The molecular formula is C33H29FN4O5. The molecule has 0 bridgehead atoms. The average Bonchev–Trinajstić information content (AvgIpc) is 3.56. The topological polar surface area (TPSA) is 107 Å². The molecule has 6 rings (SSSR count). The van der Waals surface area contributed by atoms with E-state index in [9.17, 15) is 14.0 Å². The number of aromatic nitrogens is 2. The number of nitrogens with one attached hydrogen (secondary N) is 1. The predicted octanol–water partition coefficient (Wildman–Crippen LogP) is 5.36. The molecule has 3 aromatic carbocycles. The van der Waals surface area contributed by atoms with Crippen LogP contribution >= 0.6 is 0 Å². The summed E-state index contributed by atoms with van der Waals surface area (Å²) in [7, 11) is 3.29. The number of hydrogen-bond acceptors (Lipinski definition) is 7. The first kappa shape index (κ1) is 27.9. The van der Waals surface area contributed by atoms with Crippen molar-refractivity contribution >= 4 is 22.7 Å². The third-order valence-corrected chi connectivity index (χ3v) is 7.41. The Morgan fingerprint density at radius 1 is 1.07 bits per heavy atom. The van der Waals surface area contributed by atoms with E-state index in [2.05, 4.69) is 10.5 Å². The van der Waals surface area contributed by atoms with Gasteiger partial charge < -0.3 is 24.2 Å². The van der Waals surface area contributed by atoms with Gasteiger partial charge in [-0.15, -0.1) is 0 Å². The van der Waals surface area contributed by atoms with Crippen LogP contribution in [0, 0.1) is 12.7 Å². The number of carbonyl (C=O) groups is 2. The molecule has 0 atom stereocenters. The summed E-state index contributed by atoms with van der Waals surface area (Å²) in [5.41, 5.74) is 4.81. The number of methoxy groups -OCH3 is 1. The maximum atomic E-state index is 13.8. The maximum Gasteiger partial charge on any atom is 0.258 e. The van der Waals surface area contributed by atoms with E-state index in [1.165, 1.54) is 12.1 Å². The highest BCUT2D eigenvalue weighted by Gasteiger charge is 2.36. The highest BCUT2D eigenvalue weighted by atomic mass is 19.1. The SMILES string of the molecule is COc1ccc(COc2c3c(c(C(=O)NCc4cc(C)on4)c4cc(Cc5ccc(F)cc5)cnc24)CN(C)C3=O)cc1. The summed E-state index contributed by atoms with van der Waals surface area (Å²) in [5, 5.41) is 7.45. The Balaban J connectivity index is 1.45. The molecule has 10 heteroatoms. The molecular weight excluding hydrogens is 551 g/mol. The molecule has 9 nitrogen and oxygen atoms in total. The predicted molar refractivity (Wildman–Crippen MR) is 156 cm³/mol. The monoisotopic (exact) mass is 580 g/mol. The van der Waals surface area contributed by atoms with Crippen molar-refractivity contribution in [3.8, 4) is 11.5 Å². The van der Waals surface area contributed by atoms with Crippen LogP contribution in [0.4, 0.5) is 4.39 Å². The van der Waals surface area contributed by atoms with Gasteiger partial charge in [0.25, 0.3) is 11.8 Å². The van der Waals surface area contributed by atoms with Crippen LogP contribution in [-0.2, 0) is 26.1 Å². The standard InChI is InChI=1S/C33H29FN4O5/c1-19-12-24(37-43-19)16-36-32(39)28-26-14-22(13-20-4-8-23(34)9-5-20)15-35-30(26)31(29-27(28)17-38(2)33(29)40)42-18-21-6-10-25(41-3)11-7-21/h4-12,14-15H,13,16-18H2,1-3H3,(H,36,39). The maximum absolute atomic E-state index is 13.8. The van der Waals surface area contributed by atoms with Crippen molar-refractivity contribution in [2.75, 3.05) is 14.2 Å². The highest BCUT2D eigenvalue weighted by molar-refractivity contribution is 6.16. The number of ether oxygens (including phenoxy) is 2. The third kappa shape index (κ3) is 5.63. The lowest BCUT2D eigenvalue weighted by atomic mass is 9.94. The van der Waals surface area contributed by atoms with Crippen molar-refractivity contribution in [1.82, 2.24) is 20.4 Å². The van der Waals surface area contributed by atoms with Crippen LogP contribution in [0.25, 0.3) is 10.9 Å². The lowest BCUT2D eigenvalue weighted by Crippen LogP contribution is -2.25. The van der Waals surface area contributed by atoms with Gasteiger partial charge in [-0.1, -0.05) is 29.4 Å². The number of aryl methyl sites for hydroxylation is 1. The number of fused-ring (bicyclic) bond motifs is 2. The van der Waals surface area contributed by atoms with E-state index in [1.807, 2.05) is 30.3 Å². The van der Waals surface area contributed by atoms with Crippen molar-refractivity contribution in [3.63, 3.8) is 0 Å². The van der Waals surface area contributed by atoms with Crippen LogP contribution < -0.4 is 14.8 Å². The Labute approximate surface area is 247 Å². The summed E-state index contributed by atoms with van der Waals surface area (Å²) in [4.78, 5) is 33.6. The lowest BCUT2D eigenvalue weighted by Gasteiger charge is -2.17. The summed E-state index contributed by atoms with van der Waals surface area (Å²) in [6, 6.07) is 17.3. The second kappa shape index (κ2) is 11.6. The zero-order chi connectivity index (χ0) is 30.1. The van der Waals surface area contributed by atoms with Crippen molar-refractivity contribution in [2.45, 2.75) is 33.0 Å². The molecule has 0 saturated carbocycles. The Morgan fingerprint density at radius 3 is 2.51 bits per heavy atom. The van der Waals surface area contributed by atoms with Gasteiger partial charge in [0.15, 0.2) is 5.75 Å². The molecule has 1 aliphatic rings. The molecule has 0 aliphatic carbocycles. The van der Waals surface area contributed by atoms with E-state index in [1.54, 1.807) is 50.4 Å². The second-order valence-electron chi connectivity index (χ2n) is 10.5. The molecule has 3 heterocycles. The smallest absolute Gasteiger partial charge is 0.258 e. The fraction of sp³-hybridized carbons (Fsp3) is 0.212. The minimum atomic E-state index is -0.368. The Hall–Kier alpha value is -5.25. The molecule has 0 unspecified atom stereocenters. The fourth-order valence-electron chi connectivity index (χ4n) is 5.28. The molecule has 0 radical (unpaired) electrons. The number of amides is 2. The molecule has 1 N–H and O–H groups in total. The Kier molecular flexibility index (Phi) is 7.50. The fourth-order valence-corrected chi connectivity index (χ4v) is 5.28. The van der Waals surface area contributed by atoms with Gasteiger partial charge in [0, 0.05) is 36.8 Å². The van der Waals surface area contributed by atoms with Crippen LogP contribution in [0.2, 0.25) is 0 Å². The first-order valence-electron chi connectivity index (χ1n) is 13.7. The van der Waals surface area contributed by atoms with Crippen LogP contribution in [0.3, 0.4) is 0 Å². The van der Waals surface area contributed by atoms with Gasteiger partial charge in [-0.2, -0.15) is 0 Å². The van der Waals surface area contributed by atoms with Gasteiger partial charge in [-0.3, -0.25) is 14.6 Å². The molecule has 1 aliphatic heterocycles. The number of carbonyl (C=O) groups excluding carboxylic acids is 2. The number of hydrogen-bond donors (Lipinski definition) is 1. The number of halogens is 1. The molecule has 2 aromatic heterocycles. The zero-order valence-electron chi connectivity index (χ0n) is 23.9. The van der Waals surface area contributed by atoms with Gasteiger partial charge in [0.1, 0.15) is 35.1 Å². The van der Waals surface area contributed by atoms with E-state index in [0.29, 0.717) is 51.2 Å². The first-order valence-corrected chi connectivity index (χ1v) is 13.7. The quantitative estimate of drug-likeness (QED) is 0.250. The summed E-state index contributed by atoms with van der Waals surface area (Å²) >= 11 is 0. The van der Waals surface area contributed by atoms with Gasteiger partial charge >= 0.3 is 0 Å². The normalized spacial score (nSPS) is 12.5. The first-order chi connectivity index (χ1) is 20.8. The average molecular weight is 581 g/mol. The number of pyridine rings is 1. The lowest BCUT2D eigenvalue weighted by molar-refractivity contribution is 0.0812. The molecule has 43 heavy (non-hydrogen) atoms. The van der Waals surface area contributed by atoms with E-state index in [-0.39, 0.29) is 37.3 Å². The molecule has 5 aromatic rings. The van der Waals surface area contributed by atoms with E-state index in [0.717, 1.165) is 22.4 Å². The van der Waals surface area contributed by atoms with E-state index >= 15 is 0 Å². The van der Waals surface area contributed by atoms with Crippen molar-refractivity contribution < 1.29 is 28.0 Å². The van der Waals surface area contributed by atoms with Gasteiger partial charge in [0.05, 0.1) is 24.8 Å². The summed E-state index contributed by atoms with van der Waals surface area (Å²) in [6.45, 7) is 2.34. The Bertz CT molecular complexity index is 1830. The van der Waals surface area contributed by atoms with Crippen molar-refractivity contribution in [3.05, 3.63) is 118 Å². The van der Waals surface area contributed by atoms with Crippen molar-refractivity contribution in [2.24, 2.45) is 0 Å². The van der Waals surface area contributed by atoms with Crippen molar-refractivity contribution in [1.29, 1.82) is 0 Å². The molecule has 0 saturated heterocycles. The highest BCUT2D eigenvalue weighted by Crippen LogP contribution is 2.41. The summed E-state index contributed by atoms with van der Waals surface area (Å²) < 4.78 is 30.2. The van der Waals surface area contributed by atoms with Crippen LogP contribution in [0.15, 0.2) is 71.4 Å². The minimum absolute atomic E-state index is 0.147. The van der Waals surface area contributed by atoms with E-state index < -0.39 is 0 Å². The number of nitrogens with zero attached hydrogens (tertiary/aromatic N) is 3. The molecule has 2 amide bonds. The number of benzene rings is 3.